The molecule has 0 unspecified atom stereocenters. The molecule has 2 N–H and O–H groups in total. The molecule has 0 spiro atoms. The number of amides is 1. The number of carbonyl (C=O) groups excluding carboxylic acids is 1. The number of hydrogen-bond acceptors (Lipinski definition) is 5. The zero-order chi connectivity index (χ0) is 15.1. The van der Waals surface area contributed by atoms with Crippen LogP contribution in [0.5, 0.6) is 0 Å². The molecule has 4 rings (SSSR count). The van der Waals surface area contributed by atoms with E-state index in [1.165, 1.54) is 0 Å². The highest BCUT2D eigenvalue weighted by molar-refractivity contribution is 6.00. The largest absolute Gasteiger partial charge is 0.358 e. The number of para-hydroxylation sites is 3. The number of rotatable bonds is 1. The lowest BCUT2D eigenvalue weighted by molar-refractivity contribution is -0.0860. The minimum atomic E-state index is -0.764. The molecule has 0 saturated heterocycles. The lowest BCUT2D eigenvalue weighted by Gasteiger charge is -2.32. The van der Waals surface area contributed by atoms with Gasteiger partial charge >= 0.3 is 0 Å². The van der Waals surface area contributed by atoms with Crippen LogP contribution >= 0.6 is 0 Å². The van der Waals surface area contributed by atoms with E-state index in [0.29, 0.717) is 27.5 Å². The van der Waals surface area contributed by atoms with E-state index in [9.17, 15) is 10.0 Å². The van der Waals surface area contributed by atoms with Gasteiger partial charge in [0.15, 0.2) is 6.17 Å². The maximum Gasteiger partial charge on any atom is 0.281 e. The van der Waals surface area contributed by atoms with Crippen LogP contribution in [-0.4, -0.2) is 26.1 Å². The van der Waals surface area contributed by atoms with E-state index in [4.69, 9.17) is 0 Å². The Kier molecular flexibility index (Phi) is 2.77. The van der Waals surface area contributed by atoms with Gasteiger partial charge in [-0.05, 0) is 24.3 Å². The van der Waals surface area contributed by atoms with Crippen LogP contribution in [0.2, 0.25) is 0 Å². The Morgan fingerprint density at radius 2 is 1.77 bits per heavy atom. The van der Waals surface area contributed by atoms with Gasteiger partial charge in [0.05, 0.1) is 22.8 Å². The van der Waals surface area contributed by atoms with Gasteiger partial charge in [-0.15, -0.1) is 0 Å². The molecule has 2 heterocycles. The maximum atomic E-state index is 12.3. The molecule has 0 fully saturated rings. The van der Waals surface area contributed by atoms with Gasteiger partial charge in [-0.3, -0.25) is 15.0 Å². The SMILES string of the molecule is O=C1c2ccccc2N[C@H](c2cnc3ccccc3n2)N1O. The third kappa shape index (κ3) is 1.89. The molecule has 6 nitrogen and oxygen atoms in total. The summed E-state index contributed by atoms with van der Waals surface area (Å²) in [6, 6.07) is 14.5. The average Bonchev–Trinajstić information content (AvgIpc) is 2.58. The zero-order valence-corrected chi connectivity index (χ0v) is 11.5. The van der Waals surface area contributed by atoms with Crippen LogP contribution in [0.4, 0.5) is 5.69 Å². The molecule has 1 atom stereocenters. The van der Waals surface area contributed by atoms with E-state index in [2.05, 4.69) is 15.3 Å². The van der Waals surface area contributed by atoms with Gasteiger partial charge in [-0.2, -0.15) is 5.06 Å². The number of aromatic nitrogens is 2. The summed E-state index contributed by atoms with van der Waals surface area (Å²) in [6.45, 7) is 0. The molecular formula is C16H12N4O2. The van der Waals surface area contributed by atoms with Crippen LogP contribution in [0.3, 0.4) is 0 Å². The van der Waals surface area contributed by atoms with Gasteiger partial charge in [0.2, 0.25) is 0 Å². The summed E-state index contributed by atoms with van der Waals surface area (Å²) in [5.74, 6) is -0.464. The molecule has 2 aromatic carbocycles. The average molecular weight is 292 g/mol. The minimum Gasteiger partial charge on any atom is -0.358 e. The van der Waals surface area contributed by atoms with Crippen molar-refractivity contribution >= 4 is 22.6 Å². The Hall–Kier alpha value is -2.99. The molecule has 1 aliphatic heterocycles. The van der Waals surface area contributed by atoms with Crippen molar-refractivity contribution in [2.45, 2.75) is 6.17 Å². The van der Waals surface area contributed by atoms with Crippen molar-refractivity contribution in [2.24, 2.45) is 0 Å². The van der Waals surface area contributed by atoms with E-state index >= 15 is 0 Å². The van der Waals surface area contributed by atoms with Gasteiger partial charge in [-0.25, -0.2) is 4.98 Å². The first-order valence-corrected chi connectivity index (χ1v) is 6.84. The number of hydrogen-bond donors (Lipinski definition) is 2. The number of hydroxylamine groups is 2. The first-order valence-electron chi connectivity index (χ1n) is 6.84. The van der Waals surface area contributed by atoms with Gasteiger partial charge in [0.25, 0.3) is 5.91 Å². The highest BCUT2D eigenvalue weighted by Gasteiger charge is 2.33. The number of fused-ring (bicyclic) bond motifs is 2. The number of nitrogens with zero attached hydrogens (tertiary/aromatic N) is 3. The van der Waals surface area contributed by atoms with Crippen molar-refractivity contribution in [3.05, 3.63) is 66.0 Å². The Morgan fingerprint density at radius 1 is 1.05 bits per heavy atom. The topological polar surface area (TPSA) is 78.4 Å². The standard InChI is InChI=1S/C16H12N4O2/c21-16-10-5-1-2-6-11(10)19-15(20(16)22)14-9-17-12-7-3-4-8-13(12)18-14/h1-9,15,19,22H/t15-/m0/s1. The molecule has 1 amide bonds. The van der Waals surface area contributed by atoms with Crippen LogP contribution in [-0.2, 0) is 0 Å². The van der Waals surface area contributed by atoms with Crippen molar-refractivity contribution in [1.29, 1.82) is 0 Å². The fraction of sp³-hybridized carbons (Fsp3) is 0.0625. The van der Waals surface area contributed by atoms with Crippen molar-refractivity contribution in [1.82, 2.24) is 15.0 Å². The third-order valence-corrected chi connectivity index (χ3v) is 3.65. The Balaban J connectivity index is 1.80. The van der Waals surface area contributed by atoms with Crippen molar-refractivity contribution in [2.75, 3.05) is 5.32 Å². The molecule has 1 aromatic heterocycles. The summed E-state index contributed by atoms with van der Waals surface area (Å²) in [6.07, 6.45) is 0.796. The number of carbonyl (C=O) groups is 1. The second-order valence-corrected chi connectivity index (χ2v) is 5.03. The minimum absolute atomic E-state index is 0.426. The normalized spacial score (nSPS) is 17.2. The number of benzene rings is 2. The van der Waals surface area contributed by atoms with E-state index < -0.39 is 12.1 Å². The van der Waals surface area contributed by atoms with E-state index in [0.717, 1.165) is 5.52 Å². The lowest BCUT2D eigenvalue weighted by Crippen LogP contribution is -2.41. The molecular weight excluding hydrogens is 280 g/mol. The van der Waals surface area contributed by atoms with Crippen molar-refractivity contribution < 1.29 is 10.0 Å². The molecule has 3 aromatic rings. The molecule has 0 aliphatic carbocycles. The van der Waals surface area contributed by atoms with Gasteiger partial charge in [0, 0.05) is 5.69 Å². The fourth-order valence-corrected chi connectivity index (χ4v) is 2.55. The Morgan fingerprint density at radius 3 is 2.64 bits per heavy atom. The smallest absolute Gasteiger partial charge is 0.281 e. The van der Waals surface area contributed by atoms with Gasteiger partial charge in [0.1, 0.15) is 5.69 Å². The molecule has 0 saturated carbocycles. The van der Waals surface area contributed by atoms with Crippen LogP contribution in [0.25, 0.3) is 11.0 Å². The first-order chi connectivity index (χ1) is 10.7. The summed E-state index contributed by atoms with van der Waals surface area (Å²) >= 11 is 0. The second kappa shape index (κ2) is 4.78. The Labute approximate surface area is 126 Å². The van der Waals surface area contributed by atoms with E-state index in [1.54, 1.807) is 24.4 Å². The molecule has 1 aliphatic rings. The maximum absolute atomic E-state index is 12.3. The zero-order valence-electron chi connectivity index (χ0n) is 11.5. The molecule has 6 heteroatoms. The first kappa shape index (κ1) is 12.7. The molecule has 0 bridgehead atoms. The number of anilines is 1. The molecule has 108 valence electrons. The van der Waals surface area contributed by atoms with Crippen LogP contribution in [0.1, 0.15) is 22.2 Å². The lowest BCUT2D eigenvalue weighted by atomic mass is 10.1. The van der Waals surface area contributed by atoms with E-state index in [1.807, 2.05) is 30.3 Å². The van der Waals surface area contributed by atoms with Crippen LogP contribution < -0.4 is 5.32 Å². The predicted molar refractivity (Wildman–Crippen MR) is 80.3 cm³/mol. The summed E-state index contributed by atoms with van der Waals surface area (Å²) in [4.78, 5) is 21.0. The second-order valence-electron chi connectivity index (χ2n) is 5.03. The molecule has 0 radical (unpaired) electrons. The van der Waals surface area contributed by atoms with Crippen molar-refractivity contribution in [3.8, 4) is 0 Å². The van der Waals surface area contributed by atoms with Gasteiger partial charge < -0.3 is 5.32 Å². The Bertz CT molecular complexity index is 881. The van der Waals surface area contributed by atoms with Crippen LogP contribution in [0, 0.1) is 0 Å². The molecule has 22 heavy (non-hydrogen) atoms. The van der Waals surface area contributed by atoms with Crippen LogP contribution in [0.15, 0.2) is 54.7 Å². The summed E-state index contributed by atoms with van der Waals surface area (Å²) < 4.78 is 0. The highest BCUT2D eigenvalue weighted by atomic mass is 16.5. The van der Waals surface area contributed by atoms with E-state index in [-0.39, 0.29) is 0 Å². The summed E-state index contributed by atoms with van der Waals surface area (Å²) in [5.41, 5.74) is 3.04. The predicted octanol–water partition coefficient (Wildman–Crippen LogP) is 2.59. The fourth-order valence-electron chi connectivity index (χ4n) is 2.55. The monoisotopic (exact) mass is 292 g/mol. The van der Waals surface area contributed by atoms with Gasteiger partial charge in [-0.1, -0.05) is 24.3 Å². The number of nitrogens with one attached hydrogen (secondary N) is 1. The highest BCUT2D eigenvalue weighted by Crippen LogP contribution is 2.31. The third-order valence-electron chi connectivity index (χ3n) is 3.65. The quantitative estimate of drug-likeness (QED) is 0.674. The summed E-state index contributed by atoms with van der Waals surface area (Å²) in [7, 11) is 0. The van der Waals surface area contributed by atoms with Crippen molar-refractivity contribution in [3.63, 3.8) is 0 Å². The summed E-state index contributed by atoms with van der Waals surface area (Å²) in [5, 5.41) is 13.9.